The van der Waals surface area contributed by atoms with Crippen molar-refractivity contribution in [1.29, 1.82) is 5.26 Å². The molecule has 0 saturated heterocycles. The van der Waals surface area contributed by atoms with Gasteiger partial charge in [0.15, 0.2) is 5.16 Å². The number of fused-ring (bicyclic) bond motifs is 1. The molecule has 0 saturated carbocycles. The number of nitriles is 1. The molecule has 0 amide bonds. The first-order chi connectivity index (χ1) is 12.7. The zero-order chi connectivity index (χ0) is 19.9. The summed E-state index contributed by atoms with van der Waals surface area (Å²) in [6.45, 7) is 7.63. The fraction of sp³-hybridized carbons (Fsp3) is 0.294. The van der Waals surface area contributed by atoms with E-state index in [1.807, 2.05) is 27.7 Å². The fourth-order valence-electron chi connectivity index (χ4n) is 2.63. The second kappa shape index (κ2) is 7.09. The van der Waals surface area contributed by atoms with Crippen LogP contribution in [0.5, 0.6) is 0 Å². The molecular weight excluding hydrogens is 386 g/mol. The summed E-state index contributed by atoms with van der Waals surface area (Å²) < 4.78 is 1.58. The lowest BCUT2D eigenvalue weighted by atomic mass is 10.2. The quantitative estimate of drug-likeness (QED) is 0.369. The lowest BCUT2D eigenvalue weighted by molar-refractivity contribution is -0.385. The average Bonchev–Trinajstić information content (AvgIpc) is 2.88. The summed E-state index contributed by atoms with van der Waals surface area (Å²) in [7, 11) is 0. The number of nitrogens with zero attached hydrogens (tertiary/aromatic N) is 5. The van der Waals surface area contributed by atoms with Gasteiger partial charge in [-0.3, -0.25) is 19.5 Å². The van der Waals surface area contributed by atoms with Gasteiger partial charge in [0.1, 0.15) is 15.9 Å². The summed E-state index contributed by atoms with van der Waals surface area (Å²) in [5, 5.41) is 21.5. The first-order valence-corrected chi connectivity index (χ1v) is 9.63. The van der Waals surface area contributed by atoms with Crippen molar-refractivity contribution in [1.82, 2.24) is 14.5 Å². The monoisotopic (exact) mass is 401 g/mol. The Morgan fingerprint density at radius 3 is 2.63 bits per heavy atom. The number of aromatic nitrogens is 3. The van der Waals surface area contributed by atoms with E-state index >= 15 is 0 Å². The van der Waals surface area contributed by atoms with Crippen molar-refractivity contribution < 1.29 is 4.92 Å². The maximum absolute atomic E-state index is 13.0. The van der Waals surface area contributed by atoms with Crippen molar-refractivity contribution in [2.24, 2.45) is 0 Å². The van der Waals surface area contributed by atoms with Crippen LogP contribution in [0.25, 0.3) is 10.2 Å². The highest BCUT2D eigenvalue weighted by molar-refractivity contribution is 7.99. The molecule has 0 unspecified atom stereocenters. The zero-order valence-corrected chi connectivity index (χ0v) is 16.6. The molecule has 0 aliphatic carbocycles. The Hall–Kier alpha value is -2.77. The van der Waals surface area contributed by atoms with Crippen LogP contribution in [-0.4, -0.2) is 19.5 Å². The molecule has 10 heteroatoms. The standard InChI is InChI=1S/C17H15N5O3S2/c1-8(2)21-16(23)14-9(3)10(4)26-15(14)20-17(21)27-13-6-5-12(22(24)25)11(7-18)19-13/h5-6,8H,1-4H3. The molecule has 3 heterocycles. The van der Waals surface area contributed by atoms with Gasteiger partial charge in [0.25, 0.3) is 5.56 Å². The number of aryl methyl sites for hydroxylation is 2. The number of thiophene rings is 1. The topological polar surface area (TPSA) is 115 Å². The minimum atomic E-state index is -0.647. The number of pyridine rings is 1. The molecule has 27 heavy (non-hydrogen) atoms. The Bertz CT molecular complexity index is 1170. The lowest BCUT2D eigenvalue weighted by Gasteiger charge is -2.15. The second-order valence-corrected chi connectivity index (χ2v) is 8.31. The van der Waals surface area contributed by atoms with E-state index < -0.39 is 4.92 Å². The van der Waals surface area contributed by atoms with Crippen LogP contribution in [-0.2, 0) is 0 Å². The molecule has 138 valence electrons. The largest absolute Gasteiger partial charge is 0.305 e. The predicted molar refractivity (Wildman–Crippen MR) is 103 cm³/mol. The van der Waals surface area contributed by atoms with Crippen LogP contribution in [0.4, 0.5) is 5.69 Å². The van der Waals surface area contributed by atoms with Gasteiger partial charge in [0.05, 0.1) is 10.3 Å². The van der Waals surface area contributed by atoms with Crippen LogP contribution in [0.3, 0.4) is 0 Å². The van der Waals surface area contributed by atoms with Gasteiger partial charge in [-0.25, -0.2) is 9.97 Å². The Labute approximate surface area is 162 Å². The first-order valence-electron chi connectivity index (χ1n) is 8.00. The minimum absolute atomic E-state index is 0.123. The second-order valence-electron chi connectivity index (χ2n) is 6.11. The third kappa shape index (κ3) is 3.31. The Balaban J connectivity index is 2.18. The number of nitro groups is 1. The SMILES string of the molecule is Cc1sc2nc(Sc3ccc([N+](=O)[O-])c(C#N)n3)n(C(C)C)c(=O)c2c1C. The molecule has 0 bridgehead atoms. The predicted octanol–water partition coefficient (Wildman–Crippen LogP) is 3.98. The van der Waals surface area contributed by atoms with Crippen molar-refractivity contribution in [3.63, 3.8) is 0 Å². The smallest absolute Gasteiger partial charge is 0.284 e. The van der Waals surface area contributed by atoms with Crippen LogP contribution in [0.15, 0.2) is 27.1 Å². The molecule has 3 rings (SSSR count). The van der Waals surface area contributed by atoms with Gasteiger partial charge in [0.2, 0.25) is 5.69 Å². The maximum Gasteiger partial charge on any atom is 0.305 e. The molecule has 8 nitrogen and oxygen atoms in total. The van der Waals surface area contributed by atoms with Crippen LogP contribution in [0, 0.1) is 35.3 Å². The Morgan fingerprint density at radius 2 is 2.04 bits per heavy atom. The van der Waals surface area contributed by atoms with E-state index in [1.165, 1.54) is 23.5 Å². The molecule has 0 radical (unpaired) electrons. The molecule has 0 aliphatic rings. The molecule has 0 fully saturated rings. The molecule has 0 N–H and O–H groups in total. The van der Waals surface area contributed by atoms with Crippen molar-refractivity contribution in [2.75, 3.05) is 0 Å². The molecule has 0 aliphatic heterocycles. The number of hydrogen-bond acceptors (Lipinski definition) is 8. The van der Waals surface area contributed by atoms with Crippen LogP contribution in [0.2, 0.25) is 0 Å². The minimum Gasteiger partial charge on any atom is -0.284 e. The van der Waals surface area contributed by atoms with Crippen molar-refractivity contribution in [3.8, 4) is 6.07 Å². The zero-order valence-electron chi connectivity index (χ0n) is 15.0. The average molecular weight is 401 g/mol. The first kappa shape index (κ1) is 19.0. The van der Waals surface area contributed by atoms with Crippen LogP contribution >= 0.6 is 23.1 Å². The Morgan fingerprint density at radius 1 is 1.33 bits per heavy atom. The van der Waals surface area contributed by atoms with Crippen LogP contribution in [0.1, 0.15) is 36.0 Å². The van der Waals surface area contributed by atoms with Gasteiger partial charge in [0, 0.05) is 17.0 Å². The van der Waals surface area contributed by atoms with E-state index in [0.29, 0.717) is 20.4 Å². The van der Waals surface area contributed by atoms with Crippen molar-refractivity contribution in [3.05, 3.63) is 48.7 Å². The number of hydrogen-bond donors (Lipinski definition) is 0. The fourth-order valence-corrected chi connectivity index (χ4v) is 4.70. The van der Waals surface area contributed by atoms with Gasteiger partial charge in [-0.15, -0.1) is 11.3 Å². The highest BCUT2D eigenvalue weighted by atomic mass is 32.2. The van der Waals surface area contributed by atoms with E-state index in [1.54, 1.807) is 10.6 Å². The van der Waals surface area contributed by atoms with Gasteiger partial charge >= 0.3 is 5.69 Å². The van der Waals surface area contributed by atoms with Gasteiger partial charge < -0.3 is 0 Å². The third-order valence-corrected chi connectivity index (χ3v) is 6.07. The molecule has 3 aromatic rings. The van der Waals surface area contributed by atoms with E-state index in [-0.39, 0.29) is 23.0 Å². The summed E-state index contributed by atoms with van der Waals surface area (Å²) in [5.41, 5.74) is 0.184. The van der Waals surface area contributed by atoms with Crippen LogP contribution < -0.4 is 5.56 Å². The van der Waals surface area contributed by atoms with E-state index in [4.69, 9.17) is 5.26 Å². The molecule has 0 atom stereocenters. The molecule has 0 spiro atoms. The van der Waals surface area contributed by atoms with E-state index in [2.05, 4.69) is 9.97 Å². The summed E-state index contributed by atoms with van der Waals surface area (Å²) in [6.07, 6.45) is 0. The summed E-state index contributed by atoms with van der Waals surface area (Å²) in [5.74, 6) is 0. The molecule has 3 aromatic heterocycles. The molecular formula is C17H15N5O3S2. The van der Waals surface area contributed by atoms with Gasteiger partial charge in [-0.2, -0.15) is 5.26 Å². The normalized spacial score (nSPS) is 11.1. The maximum atomic E-state index is 13.0. The summed E-state index contributed by atoms with van der Waals surface area (Å²) in [4.78, 5) is 33.7. The third-order valence-electron chi connectivity index (χ3n) is 4.07. The summed E-state index contributed by atoms with van der Waals surface area (Å²) in [6, 6.07) is 4.30. The van der Waals surface area contributed by atoms with E-state index in [0.717, 1.165) is 22.2 Å². The lowest BCUT2D eigenvalue weighted by Crippen LogP contribution is -2.24. The molecule has 0 aromatic carbocycles. The Kier molecular flexibility index (Phi) is 4.99. The van der Waals surface area contributed by atoms with E-state index in [9.17, 15) is 14.9 Å². The van der Waals surface area contributed by atoms with Gasteiger partial charge in [-0.1, -0.05) is 0 Å². The highest BCUT2D eigenvalue weighted by Crippen LogP contribution is 2.32. The van der Waals surface area contributed by atoms with Gasteiger partial charge in [-0.05, 0) is 51.1 Å². The number of rotatable bonds is 4. The highest BCUT2D eigenvalue weighted by Gasteiger charge is 2.21. The van der Waals surface area contributed by atoms with Crippen molar-refractivity contribution in [2.45, 2.75) is 43.9 Å². The summed E-state index contributed by atoms with van der Waals surface area (Å²) >= 11 is 2.56. The van der Waals surface area contributed by atoms with Crippen molar-refractivity contribution >= 4 is 39.0 Å².